The van der Waals surface area contributed by atoms with E-state index in [9.17, 15) is 9.90 Å². The average molecular weight is 482 g/mol. The molecule has 1 atom stereocenters. The Morgan fingerprint density at radius 1 is 1.09 bits per heavy atom. The van der Waals surface area contributed by atoms with Crippen molar-refractivity contribution < 1.29 is 19.4 Å². The Balaban J connectivity index is 2.08. The number of aliphatic hydroxyl groups is 1. The van der Waals surface area contributed by atoms with Gasteiger partial charge in [0.25, 0.3) is 0 Å². The van der Waals surface area contributed by atoms with Gasteiger partial charge in [0.1, 0.15) is 6.73 Å². The molecule has 1 unspecified atom stereocenters. The molecule has 0 radical (unpaired) electrons. The van der Waals surface area contributed by atoms with Gasteiger partial charge in [-0.15, -0.1) is 0 Å². The lowest BCUT2D eigenvalue weighted by Gasteiger charge is -2.23. The smallest absolute Gasteiger partial charge is 0.337 e. The Hall–Kier alpha value is -2.94. The van der Waals surface area contributed by atoms with Crippen LogP contribution < -0.4 is 4.31 Å². The van der Waals surface area contributed by atoms with E-state index >= 15 is 0 Å². The second-order valence-electron chi connectivity index (χ2n) is 8.07. The molecule has 0 fully saturated rings. The van der Waals surface area contributed by atoms with Gasteiger partial charge in [-0.1, -0.05) is 31.2 Å². The summed E-state index contributed by atoms with van der Waals surface area (Å²) in [4.78, 5) is 22.6. The highest BCUT2D eigenvalue weighted by Gasteiger charge is 2.20. The van der Waals surface area contributed by atoms with Crippen molar-refractivity contribution in [2.75, 3.05) is 31.9 Å². The Morgan fingerprint density at radius 3 is 2.44 bits per heavy atom. The zero-order valence-electron chi connectivity index (χ0n) is 20.2. The van der Waals surface area contributed by atoms with Gasteiger partial charge in [0.2, 0.25) is 5.95 Å². The highest BCUT2D eigenvalue weighted by molar-refractivity contribution is 8.00. The number of carbonyl (C=O) groups excluding carboxylic acids is 1. The minimum absolute atomic E-state index is 0.0480. The molecule has 1 aromatic heterocycles. The molecule has 0 amide bonds. The lowest BCUT2D eigenvalue weighted by atomic mass is 9.97. The van der Waals surface area contributed by atoms with Crippen molar-refractivity contribution in [3.05, 3.63) is 70.9 Å². The van der Waals surface area contributed by atoms with E-state index in [1.807, 2.05) is 35.5 Å². The molecule has 0 bridgehead atoms. The maximum absolute atomic E-state index is 12.0. The summed E-state index contributed by atoms with van der Waals surface area (Å²) in [6, 6.07) is 15.4. The van der Waals surface area contributed by atoms with Crippen molar-refractivity contribution in [1.29, 1.82) is 0 Å². The molecule has 2 aromatic carbocycles. The van der Waals surface area contributed by atoms with E-state index in [4.69, 9.17) is 19.4 Å². The van der Waals surface area contributed by atoms with Crippen molar-refractivity contribution in [1.82, 2.24) is 9.97 Å². The number of nitrogens with zero attached hydrogens (tertiary/aromatic N) is 3. The molecule has 0 aliphatic carbocycles. The van der Waals surface area contributed by atoms with Gasteiger partial charge < -0.3 is 14.6 Å². The number of hydrogen-bond acceptors (Lipinski definition) is 8. The van der Waals surface area contributed by atoms with Gasteiger partial charge in [0, 0.05) is 35.8 Å². The highest BCUT2D eigenvalue weighted by Crippen LogP contribution is 2.33. The fraction of sp³-hybridized carbons (Fsp3) is 0.346. The van der Waals surface area contributed by atoms with Crippen molar-refractivity contribution in [3.63, 3.8) is 0 Å². The van der Waals surface area contributed by atoms with Gasteiger partial charge in [-0.25, -0.2) is 14.8 Å². The van der Waals surface area contributed by atoms with E-state index in [2.05, 4.69) is 26.0 Å². The lowest BCUT2D eigenvalue weighted by Crippen LogP contribution is -2.21. The van der Waals surface area contributed by atoms with Gasteiger partial charge >= 0.3 is 5.97 Å². The van der Waals surface area contributed by atoms with Crippen molar-refractivity contribution in [3.8, 4) is 11.3 Å². The minimum atomic E-state index is -0.394. The third kappa shape index (κ3) is 6.14. The molecular formula is C26H31N3O4S. The fourth-order valence-electron chi connectivity index (χ4n) is 3.67. The Labute approximate surface area is 205 Å². The number of rotatable bonds is 10. The molecule has 0 saturated carbocycles. The standard InChI is InChI=1S/C26H31N3O4S/c1-17(12-13-30)22-15-23(24-18(2)8-6-9-19(24)3)28-26(27-22)29(16-32-4)34-21-11-7-10-20(14-21)25(31)33-5/h6-11,14-15,17,30H,12-13,16H2,1-5H3. The van der Waals surface area contributed by atoms with E-state index in [0.717, 1.165) is 33.0 Å². The van der Waals surface area contributed by atoms with Gasteiger partial charge in [-0.05, 0) is 67.6 Å². The third-order valence-corrected chi connectivity index (χ3v) is 6.43. The molecule has 3 aromatic rings. The number of hydrogen-bond donors (Lipinski definition) is 1. The average Bonchev–Trinajstić information content (AvgIpc) is 2.83. The Morgan fingerprint density at radius 2 is 1.79 bits per heavy atom. The van der Waals surface area contributed by atoms with Gasteiger partial charge in [0.15, 0.2) is 0 Å². The number of carbonyl (C=O) groups is 1. The molecule has 0 aliphatic rings. The number of anilines is 1. The summed E-state index contributed by atoms with van der Waals surface area (Å²) in [5.41, 5.74) is 5.46. The first-order valence-corrected chi connectivity index (χ1v) is 11.8. The quantitative estimate of drug-likeness (QED) is 0.242. The topological polar surface area (TPSA) is 84.8 Å². The summed E-state index contributed by atoms with van der Waals surface area (Å²) in [5, 5.41) is 9.51. The van der Waals surface area contributed by atoms with Crippen LogP contribution >= 0.6 is 11.9 Å². The molecule has 0 aliphatic heterocycles. The first kappa shape index (κ1) is 25.7. The predicted octanol–water partition coefficient (Wildman–Crippen LogP) is 5.15. The summed E-state index contributed by atoms with van der Waals surface area (Å²) >= 11 is 1.38. The fourth-order valence-corrected chi connectivity index (χ4v) is 4.57. The minimum Gasteiger partial charge on any atom is -0.465 e. The Bertz CT molecular complexity index is 1120. The maximum Gasteiger partial charge on any atom is 0.337 e. The van der Waals surface area contributed by atoms with Crippen LogP contribution in [0.15, 0.2) is 53.4 Å². The summed E-state index contributed by atoms with van der Waals surface area (Å²) in [6.07, 6.45) is 0.598. The number of aliphatic hydroxyl groups excluding tert-OH is 1. The number of aromatic nitrogens is 2. The molecule has 180 valence electrons. The van der Waals surface area contributed by atoms with Gasteiger partial charge in [0.05, 0.1) is 18.4 Å². The van der Waals surface area contributed by atoms with E-state index in [-0.39, 0.29) is 19.3 Å². The lowest BCUT2D eigenvalue weighted by molar-refractivity contribution is 0.0600. The van der Waals surface area contributed by atoms with E-state index in [1.165, 1.54) is 19.1 Å². The summed E-state index contributed by atoms with van der Waals surface area (Å²) in [7, 11) is 2.98. The molecule has 7 nitrogen and oxygen atoms in total. The molecular weight excluding hydrogens is 450 g/mol. The normalized spacial score (nSPS) is 11.8. The first-order valence-electron chi connectivity index (χ1n) is 11.1. The molecule has 8 heteroatoms. The number of benzene rings is 2. The van der Waals surface area contributed by atoms with Crippen LogP contribution in [-0.4, -0.2) is 48.6 Å². The van der Waals surface area contributed by atoms with Crippen LogP contribution in [0.3, 0.4) is 0 Å². The molecule has 3 rings (SSSR count). The zero-order valence-corrected chi connectivity index (χ0v) is 21.1. The summed E-state index contributed by atoms with van der Waals surface area (Å²) in [6.45, 7) is 6.50. The molecule has 34 heavy (non-hydrogen) atoms. The zero-order chi connectivity index (χ0) is 24.7. The van der Waals surface area contributed by atoms with Crippen LogP contribution in [0, 0.1) is 13.8 Å². The van der Waals surface area contributed by atoms with E-state index in [0.29, 0.717) is 17.9 Å². The largest absolute Gasteiger partial charge is 0.465 e. The summed E-state index contributed by atoms with van der Waals surface area (Å²) in [5.74, 6) is 0.149. The van der Waals surface area contributed by atoms with Gasteiger partial charge in [-0.2, -0.15) is 0 Å². The van der Waals surface area contributed by atoms with Crippen LogP contribution in [0.5, 0.6) is 0 Å². The summed E-state index contributed by atoms with van der Waals surface area (Å²) < 4.78 is 12.2. The van der Waals surface area contributed by atoms with E-state index < -0.39 is 5.97 Å². The van der Waals surface area contributed by atoms with Crippen LogP contribution in [0.4, 0.5) is 5.95 Å². The van der Waals surface area contributed by atoms with Crippen LogP contribution in [0.2, 0.25) is 0 Å². The van der Waals surface area contributed by atoms with Crippen LogP contribution in [-0.2, 0) is 9.47 Å². The SMILES string of the molecule is COCN(Sc1cccc(C(=O)OC)c1)c1nc(-c2c(C)cccc2C)cc(C(C)CCO)n1. The molecule has 0 spiro atoms. The number of methoxy groups -OCH3 is 2. The van der Waals surface area contributed by atoms with Crippen molar-refractivity contribution in [2.24, 2.45) is 0 Å². The van der Waals surface area contributed by atoms with Crippen molar-refractivity contribution in [2.45, 2.75) is 38.0 Å². The van der Waals surface area contributed by atoms with Crippen LogP contribution in [0.1, 0.15) is 46.4 Å². The Kier molecular flexibility index (Phi) is 9.04. The number of aryl methyl sites for hydroxylation is 2. The molecule has 1 N–H and O–H groups in total. The van der Waals surface area contributed by atoms with Crippen molar-refractivity contribution >= 4 is 23.9 Å². The monoisotopic (exact) mass is 481 g/mol. The molecule has 0 saturated heterocycles. The first-order chi connectivity index (χ1) is 16.4. The maximum atomic E-state index is 12.0. The number of esters is 1. The van der Waals surface area contributed by atoms with E-state index in [1.54, 1.807) is 19.2 Å². The third-order valence-electron chi connectivity index (χ3n) is 5.48. The van der Waals surface area contributed by atoms with Gasteiger partial charge in [-0.3, -0.25) is 4.31 Å². The second kappa shape index (κ2) is 12.0. The second-order valence-corrected chi connectivity index (χ2v) is 9.16. The predicted molar refractivity (Wildman–Crippen MR) is 135 cm³/mol. The number of ether oxygens (including phenoxy) is 2. The molecule has 1 heterocycles. The van der Waals surface area contributed by atoms with Crippen LogP contribution in [0.25, 0.3) is 11.3 Å². The highest BCUT2D eigenvalue weighted by atomic mass is 32.2.